The standard InChI is InChI=1S/C20H15ClN4O2/c21-15-8-9-17-16(11-15)20(27)25(18(23-17)13-5-2-1-3-6-13)24-19(26)14-7-4-10-22-12-14/h1-12,18,23H,(H,24,26). The number of hydrogen-bond acceptors (Lipinski definition) is 4. The number of nitrogens with one attached hydrogen (secondary N) is 2. The molecule has 134 valence electrons. The number of amides is 2. The average Bonchev–Trinajstić information content (AvgIpc) is 2.71. The van der Waals surface area contributed by atoms with Crippen LogP contribution in [0.5, 0.6) is 0 Å². The molecule has 1 atom stereocenters. The van der Waals surface area contributed by atoms with Crippen molar-refractivity contribution in [3.63, 3.8) is 0 Å². The van der Waals surface area contributed by atoms with Crippen LogP contribution in [0.15, 0.2) is 73.1 Å². The van der Waals surface area contributed by atoms with E-state index in [-0.39, 0.29) is 5.91 Å². The van der Waals surface area contributed by atoms with Crippen LogP contribution in [-0.4, -0.2) is 21.8 Å². The van der Waals surface area contributed by atoms with Crippen molar-refractivity contribution in [1.82, 2.24) is 15.4 Å². The third kappa shape index (κ3) is 3.35. The van der Waals surface area contributed by atoms with Gasteiger partial charge in [0.2, 0.25) is 0 Å². The molecule has 1 aliphatic rings. The summed E-state index contributed by atoms with van der Waals surface area (Å²) in [6.45, 7) is 0. The van der Waals surface area contributed by atoms with Gasteiger partial charge in [0, 0.05) is 23.1 Å². The SMILES string of the molecule is O=C(NN1C(=O)c2cc(Cl)ccc2NC1c1ccccc1)c1cccnc1. The summed E-state index contributed by atoms with van der Waals surface area (Å²) in [6.07, 6.45) is 2.46. The molecular formula is C20H15ClN4O2. The Kier molecular flexibility index (Phi) is 4.48. The molecule has 1 aliphatic heterocycles. The molecule has 0 saturated heterocycles. The van der Waals surface area contributed by atoms with Gasteiger partial charge in [-0.15, -0.1) is 0 Å². The van der Waals surface area contributed by atoms with Crippen molar-refractivity contribution in [3.05, 3.63) is 94.8 Å². The number of nitrogens with zero attached hydrogens (tertiary/aromatic N) is 2. The van der Waals surface area contributed by atoms with Crippen LogP contribution in [0.25, 0.3) is 0 Å². The van der Waals surface area contributed by atoms with Gasteiger partial charge in [0.15, 0.2) is 0 Å². The van der Waals surface area contributed by atoms with Crippen LogP contribution in [0.2, 0.25) is 5.02 Å². The Bertz CT molecular complexity index is 995. The highest BCUT2D eigenvalue weighted by Crippen LogP contribution is 2.33. The monoisotopic (exact) mass is 378 g/mol. The molecule has 3 aromatic rings. The number of hydrazine groups is 1. The second-order valence-electron chi connectivity index (χ2n) is 6.01. The molecular weight excluding hydrogens is 364 g/mol. The summed E-state index contributed by atoms with van der Waals surface area (Å²) in [6, 6.07) is 17.8. The summed E-state index contributed by atoms with van der Waals surface area (Å²) in [5.41, 5.74) is 4.93. The summed E-state index contributed by atoms with van der Waals surface area (Å²) < 4.78 is 0. The van der Waals surface area contributed by atoms with Gasteiger partial charge >= 0.3 is 0 Å². The zero-order chi connectivity index (χ0) is 18.8. The van der Waals surface area contributed by atoms with Crippen molar-refractivity contribution in [2.45, 2.75) is 6.17 Å². The summed E-state index contributed by atoms with van der Waals surface area (Å²) in [5.74, 6) is -0.776. The summed E-state index contributed by atoms with van der Waals surface area (Å²) >= 11 is 6.05. The number of fused-ring (bicyclic) bond motifs is 1. The minimum atomic E-state index is -0.562. The van der Waals surface area contributed by atoms with E-state index in [1.165, 1.54) is 11.2 Å². The molecule has 0 aliphatic carbocycles. The maximum absolute atomic E-state index is 13.1. The molecule has 27 heavy (non-hydrogen) atoms. The lowest BCUT2D eigenvalue weighted by Gasteiger charge is -2.37. The number of rotatable bonds is 3. The smallest absolute Gasteiger partial charge is 0.276 e. The molecule has 4 rings (SSSR count). The van der Waals surface area contributed by atoms with E-state index in [0.29, 0.717) is 21.8 Å². The molecule has 0 fully saturated rings. The lowest BCUT2D eigenvalue weighted by atomic mass is 10.0. The largest absolute Gasteiger partial charge is 0.359 e. The lowest BCUT2D eigenvalue weighted by molar-refractivity contribution is 0.0491. The van der Waals surface area contributed by atoms with Crippen LogP contribution in [0.4, 0.5) is 5.69 Å². The first-order chi connectivity index (χ1) is 13.1. The van der Waals surface area contributed by atoms with Crippen molar-refractivity contribution in [2.75, 3.05) is 5.32 Å². The third-order valence-electron chi connectivity index (χ3n) is 4.24. The number of carbonyl (C=O) groups is 2. The molecule has 2 N–H and O–H groups in total. The van der Waals surface area contributed by atoms with Crippen LogP contribution in [0, 0.1) is 0 Å². The maximum atomic E-state index is 13.1. The van der Waals surface area contributed by atoms with Gasteiger partial charge in [-0.1, -0.05) is 41.9 Å². The maximum Gasteiger partial charge on any atom is 0.276 e. The van der Waals surface area contributed by atoms with E-state index in [4.69, 9.17) is 11.6 Å². The Morgan fingerprint density at radius 1 is 1.11 bits per heavy atom. The van der Waals surface area contributed by atoms with Crippen LogP contribution in [0.3, 0.4) is 0 Å². The molecule has 1 aromatic heterocycles. The van der Waals surface area contributed by atoms with Gasteiger partial charge in [0.25, 0.3) is 11.8 Å². The first-order valence-corrected chi connectivity index (χ1v) is 8.67. The number of halogens is 1. The molecule has 0 radical (unpaired) electrons. The van der Waals surface area contributed by atoms with Crippen molar-refractivity contribution in [3.8, 4) is 0 Å². The van der Waals surface area contributed by atoms with Gasteiger partial charge in [0.05, 0.1) is 11.1 Å². The fraction of sp³-hybridized carbons (Fsp3) is 0.0500. The predicted octanol–water partition coefficient (Wildman–Crippen LogP) is 3.65. The number of hydrogen-bond donors (Lipinski definition) is 2. The zero-order valence-corrected chi connectivity index (χ0v) is 14.9. The topological polar surface area (TPSA) is 74.3 Å². The molecule has 6 nitrogen and oxygen atoms in total. The molecule has 0 spiro atoms. The Morgan fingerprint density at radius 3 is 2.67 bits per heavy atom. The normalized spacial score (nSPS) is 15.7. The van der Waals surface area contributed by atoms with E-state index in [9.17, 15) is 9.59 Å². The van der Waals surface area contributed by atoms with E-state index in [1.54, 1.807) is 36.5 Å². The fourth-order valence-corrected chi connectivity index (χ4v) is 3.10. The first-order valence-electron chi connectivity index (χ1n) is 8.29. The molecule has 0 saturated carbocycles. The summed E-state index contributed by atoms with van der Waals surface area (Å²) in [4.78, 5) is 29.7. The summed E-state index contributed by atoms with van der Waals surface area (Å²) in [7, 11) is 0. The Balaban J connectivity index is 1.73. The van der Waals surface area contributed by atoms with Crippen molar-refractivity contribution >= 4 is 29.1 Å². The van der Waals surface area contributed by atoms with Gasteiger partial charge in [-0.05, 0) is 35.9 Å². The van der Waals surface area contributed by atoms with E-state index < -0.39 is 12.1 Å². The number of benzene rings is 2. The second-order valence-corrected chi connectivity index (χ2v) is 6.44. The van der Waals surface area contributed by atoms with Crippen LogP contribution < -0.4 is 10.7 Å². The highest BCUT2D eigenvalue weighted by atomic mass is 35.5. The van der Waals surface area contributed by atoms with Crippen LogP contribution in [0.1, 0.15) is 32.4 Å². The van der Waals surface area contributed by atoms with Crippen molar-refractivity contribution < 1.29 is 9.59 Å². The Labute approximate surface area is 160 Å². The third-order valence-corrected chi connectivity index (χ3v) is 4.48. The Morgan fingerprint density at radius 2 is 1.93 bits per heavy atom. The molecule has 1 unspecified atom stereocenters. The van der Waals surface area contributed by atoms with Crippen LogP contribution >= 0.6 is 11.6 Å². The van der Waals surface area contributed by atoms with E-state index in [1.807, 2.05) is 30.3 Å². The highest BCUT2D eigenvalue weighted by Gasteiger charge is 2.34. The first kappa shape index (κ1) is 17.1. The average molecular weight is 379 g/mol. The van der Waals surface area contributed by atoms with Crippen molar-refractivity contribution in [1.29, 1.82) is 0 Å². The minimum absolute atomic E-state index is 0.350. The predicted molar refractivity (Wildman–Crippen MR) is 102 cm³/mol. The number of carbonyl (C=O) groups excluding carboxylic acids is 2. The highest BCUT2D eigenvalue weighted by molar-refractivity contribution is 6.31. The van der Waals surface area contributed by atoms with E-state index in [0.717, 1.165) is 5.56 Å². The number of anilines is 1. The van der Waals surface area contributed by atoms with Gasteiger partial charge in [0.1, 0.15) is 6.17 Å². The van der Waals surface area contributed by atoms with E-state index >= 15 is 0 Å². The zero-order valence-electron chi connectivity index (χ0n) is 14.1. The van der Waals surface area contributed by atoms with Gasteiger partial charge in [-0.2, -0.15) is 0 Å². The molecule has 2 heterocycles. The van der Waals surface area contributed by atoms with Gasteiger partial charge in [-0.25, -0.2) is 5.01 Å². The number of pyridine rings is 1. The number of aromatic nitrogens is 1. The molecule has 2 amide bonds. The lowest BCUT2D eigenvalue weighted by Crippen LogP contribution is -2.52. The molecule has 2 aromatic carbocycles. The minimum Gasteiger partial charge on any atom is -0.359 e. The fourth-order valence-electron chi connectivity index (χ4n) is 2.93. The Hall–Kier alpha value is -3.38. The van der Waals surface area contributed by atoms with Gasteiger partial charge in [-0.3, -0.25) is 20.0 Å². The van der Waals surface area contributed by atoms with Gasteiger partial charge < -0.3 is 5.32 Å². The quantitative estimate of drug-likeness (QED) is 0.729. The van der Waals surface area contributed by atoms with Crippen LogP contribution in [-0.2, 0) is 0 Å². The molecule has 7 heteroatoms. The molecule has 0 bridgehead atoms. The van der Waals surface area contributed by atoms with E-state index in [2.05, 4.69) is 15.7 Å². The summed E-state index contributed by atoms with van der Waals surface area (Å²) in [5, 5.41) is 5.02. The van der Waals surface area contributed by atoms with Crippen molar-refractivity contribution in [2.24, 2.45) is 0 Å². The second kappa shape index (κ2) is 7.09.